The number of alkyl halides is 1. The van der Waals surface area contributed by atoms with Gasteiger partial charge in [0.15, 0.2) is 11.0 Å². The zero-order valence-corrected chi connectivity index (χ0v) is 16.3. The number of carbonyl (C=O) groups excluding carboxylic acids is 1. The molecule has 1 fully saturated rings. The highest BCUT2D eigenvalue weighted by molar-refractivity contribution is 8.13. The Balaban J connectivity index is 1.62. The van der Waals surface area contributed by atoms with Gasteiger partial charge in [0, 0.05) is 11.3 Å². The third-order valence-electron chi connectivity index (χ3n) is 5.43. The highest BCUT2D eigenvalue weighted by Gasteiger charge is 2.48. The number of aromatic nitrogens is 1. The average Bonchev–Trinajstić information content (AvgIpc) is 3.14. The van der Waals surface area contributed by atoms with Crippen LogP contribution in [0.25, 0.3) is 0 Å². The summed E-state index contributed by atoms with van der Waals surface area (Å²) in [6.45, 7) is -0.987. The molecule has 152 valence electrons. The number of thioether (sulfide) groups is 1. The molecule has 1 aliphatic carbocycles. The minimum atomic E-state index is -0.987. The fourth-order valence-corrected chi connectivity index (χ4v) is 5.11. The van der Waals surface area contributed by atoms with Gasteiger partial charge in [0.25, 0.3) is 5.91 Å². The lowest BCUT2D eigenvalue weighted by molar-refractivity contribution is 0.102. The summed E-state index contributed by atoms with van der Waals surface area (Å²) < 4.78 is 32.3. The number of nitrogens with two attached hydrogens (primary N) is 1. The summed E-state index contributed by atoms with van der Waals surface area (Å²) in [5.41, 5.74) is 5.88. The van der Waals surface area contributed by atoms with Crippen LogP contribution in [0.5, 0.6) is 5.75 Å². The number of pyridine rings is 1. The number of hydrogen-bond donors (Lipinski definition) is 2. The molecule has 29 heavy (non-hydrogen) atoms. The lowest BCUT2D eigenvalue weighted by Gasteiger charge is -2.36. The van der Waals surface area contributed by atoms with Gasteiger partial charge in [-0.3, -0.25) is 9.79 Å². The van der Waals surface area contributed by atoms with E-state index in [0.717, 1.165) is 25.0 Å². The largest absolute Gasteiger partial charge is 0.461 e. The van der Waals surface area contributed by atoms with Crippen LogP contribution in [0.4, 0.5) is 14.5 Å². The third-order valence-corrected chi connectivity index (χ3v) is 6.39. The molecule has 2 heterocycles. The molecule has 0 radical (unpaired) electrons. The van der Waals surface area contributed by atoms with Crippen LogP contribution in [0.1, 0.15) is 35.3 Å². The molecule has 0 spiro atoms. The number of fused-ring (bicyclic) bond motifs is 1. The Morgan fingerprint density at radius 3 is 3.00 bits per heavy atom. The Morgan fingerprint density at radius 1 is 1.38 bits per heavy atom. The summed E-state index contributed by atoms with van der Waals surface area (Å²) in [5.74, 6) is 0.145. The lowest BCUT2D eigenvalue weighted by atomic mass is 9.81. The van der Waals surface area contributed by atoms with E-state index >= 15 is 4.39 Å². The van der Waals surface area contributed by atoms with Gasteiger partial charge in [-0.15, -0.1) is 0 Å². The van der Waals surface area contributed by atoms with Gasteiger partial charge in [-0.1, -0.05) is 30.3 Å². The fraction of sp³-hybridized carbons (Fsp3) is 0.350. The number of benzene rings is 1. The minimum absolute atomic E-state index is 0.0606. The van der Waals surface area contributed by atoms with Crippen molar-refractivity contribution in [2.24, 2.45) is 16.6 Å². The summed E-state index contributed by atoms with van der Waals surface area (Å²) >= 11 is 1.50. The Labute approximate surface area is 170 Å². The average molecular weight is 418 g/mol. The number of amides is 1. The first-order chi connectivity index (χ1) is 14.0. The number of aliphatic imine (C=N–C) groups is 1. The number of nitrogens with one attached hydrogen (secondary N) is 1. The molecule has 4 rings (SSSR count). The van der Waals surface area contributed by atoms with Crippen LogP contribution < -0.4 is 15.8 Å². The van der Waals surface area contributed by atoms with Gasteiger partial charge in [-0.2, -0.15) is 0 Å². The van der Waals surface area contributed by atoms with E-state index in [0.29, 0.717) is 10.7 Å². The number of rotatable bonds is 5. The number of amidine groups is 1. The number of hydrogen-bond acceptors (Lipinski definition) is 6. The van der Waals surface area contributed by atoms with Crippen molar-refractivity contribution in [3.05, 3.63) is 53.6 Å². The molecule has 0 unspecified atom stereocenters. The zero-order valence-electron chi connectivity index (χ0n) is 15.5. The second-order valence-electron chi connectivity index (χ2n) is 7.03. The highest BCUT2D eigenvalue weighted by atomic mass is 32.2. The Bertz CT molecular complexity index is 954. The topological polar surface area (TPSA) is 89.6 Å². The van der Waals surface area contributed by atoms with Crippen LogP contribution in [0, 0.1) is 11.7 Å². The second-order valence-corrected chi connectivity index (χ2v) is 8.07. The predicted octanol–water partition coefficient (Wildman–Crippen LogP) is 3.84. The molecule has 1 aliphatic heterocycles. The van der Waals surface area contributed by atoms with Gasteiger partial charge in [0.05, 0.1) is 17.4 Å². The molecule has 2 aliphatic rings. The van der Waals surface area contributed by atoms with Crippen molar-refractivity contribution in [3.8, 4) is 5.75 Å². The van der Waals surface area contributed by atoms with Crippen molar-refractivity contribution in [1.82, 2.24) is 4.98 Å². The van der Waals surface area contributed by atoms with E-state index in [-0.39, 0.29) is 23.0 Å². The normalized spacial score (nSPS) is 23.2. The van der Waals surface area contributed by atoms with Crippen LogP contribution in [0.2, 0.25) is 0 Å². The molecule has 2 atom stereocenters. The molecule has 1 aromatic heterocycles. The Kier molecular flexibility index (Phi) is 5.40. The van der Waals surface area contributed by atoms with E-state index in [1.54, 1.807) is 12.1 Å². The molecular formula is C20H20F2N4O2S. The van der Waals surface area contributed by atoms with Crippen molar-refractivity contribution < 1.29 is 18.3 Å². The van der Waals surface area contributed by atoms with E-state index in [1.807, 2.05) is 0 Å². The van der Waals surface area contributed by atoms with E-state index < -0.39 is 24.1 Å². The molecule has 2 aromatic rings. The first kappa shape index (κ1) is 19.6. The summed E-state index contributed by atoms with van der Waals surface area (Å²) in [6.07, 6.45) is 3.89. The standard InChI is InChI=1S/C20H20F2N4O2S/c21-11-28-13-6-7-16(24-9-13)18(27)25-15-5-1-4-14(17(15)22)20-8-2-3-12(20)10-29-19(23)26-20/h1,4-7,9,12H,2-3,8,10-11H2,(H2,23,26)(H,25,27)/t12-,20-/m0/s1. The molecule has 0 saturated heterocycles. The summed E-state index contributed by atoms with van der Waals surface area (Å²) in [6, 6.07) is 7.74. The van der Waals surface area contributed by atoms with Crippen molar-refractivity contribution in [2.45, 2.75) is 24.8 Å². The van der Waals surface area contributed by atoms with Crippen LogP contribution >= 0.6 is 11.8 Å². The molecule has 9 heteroatoms. The van der Waals surface area contributed by atoms with Gasteiger partial charge < -0.3 is 15.8 Å². The number of halogens is 2. The second kappa shape index (κ2) is 7.98. The summed E-state index contributed by atoms with van der Waals surface area (Å²) in [5, 5.41) is 3.04. The molecular weight excluding hydrogens is 398 g/mol. The van der Waals surface area contributed by atoms with Crippen LogP contribution in [-0.2, 0) is 5.54 Å². The quantitative estimate of drug-likeness (QED) is 0.770. The molecule has 1 aromatic carbocycles. The maximum atomic E-state index is 15.4. The number of ether oxygens (including phenoxy) is 1. The van der Waals surface area contributed by atoms with E-state index in [9.17, 15) is 9.18 Å². The number of nitrogens with zero attached hydrogens (tertiary/aromatic N) is 2. The van der Waals surface area contributed by atoms with E-state index in [4.69, 9.17) is 5.73 Å². The van der Waals surface area contributed by atoms with Crippen LogP contribution in [-0.4, -0.2) is 28.7 Å². The summed E-state index contributed by atoms with van der Waals surface area (Å²) in [7, 11) is 0. The first-order valence-electron chi connectivity index (χ1n) is 9.27. The van der Waals surface area contributed by atoms with Crippen molar-refractivity contribution >= 4 is 28.5 Å². The van der Waals surface area contributed by atoms with Gasteiger partial charge >= 0.3 is 0 Å². The summed E-state index contributed by atoms with van der Waals surface area (Å²) in [4.78, 5) is 21.1. The third kappa shape index (κ3) is 3.66. The SMILES string of the molecule is NC1=N[C@@]2(c3cccc(NC(=O)c4ccc(OCF)cn4)c3F)CCC[C@H]2CS1. The maximum absolute atomic E-state index is 15.4. The van der Waals surface area contributed by atoms with Gasteiger partial charge in [-0.25, -0.2) is 13.8 Å². The number of carbonyl (C=O) groups is 1. The van der Waals surface area contributed by atoms with Crippen LogP contribution in [0.15, 0.2) is 41.5 Å². The molecule has 6 nitrogen and oxygen atoms in total. The van der Waals surface area contributed by atoms with E-state index in [2.05, 4.69) is 20.0 Å². The smallest absolute Gasteiger partial charge is 0.274 e. The monoisotopic (exact) mass is 418 g/mol. The highest BCUT2D eigenvalue weighted by Crippen LogP contribution is 2.51. The molecule has 1 amide bonds. The fourth-order valence-electron chi connectivity index (χ4n) is 4.07. The van der Waals surface area contributed by atoms with Crippen molar-refractivity contribution in [2.75, 3.05) is 17.9 Å². The Morgan fingerprint density at radius 2 is 2.24 bits per heavy atom. The minimum Gasteiger partial charge on any atom is -0.461 e. The first-order valence-corrected chi connectivity index (χ1v) is 10.3. The predicted molar refractivity (Wildman–Crippen MR) is 108 cm³/mol. The lowest BCUT2D eigenvalue weighted by Crippen LogP contribution is -2.37. The van der Waals surface area contributed by atoms with Gasteiger partial charge in [0.2, 0.25) is 6.86 Å². The molecule has 1 saturated carbocycles. The number of anilines is 1. The molecule has 3 N–H and O–H groups in total. The molecule has 0 bridgehead atoms. The van der Waals surface area contributed by atoms with Gasteiger partial charge in [-0.05, 0) is 37.0 Å². The zero-order chi connectivity index (χ0) is 20.4. The van der Waals surface area contributed by atoms with Crippen molar-refractivity contribution in [3.63, 3.8) is 0 Å². The Hall–Kier alpha value is -2.68. The van der Waals surface area contributed by atoms with Crippen molar-refractivity contribution in [1.29, 1.82) is 0 Å². The van der Waals surface area contributed by atoms with Gasteiger partial charge in [0.1, 0.15) is 11.4 Å². The van der Waals surface area contributed by atoms with E-state index in [1.165, 1.54) is 36.2 Å². The van der Waals surface area contributed by atoms with Crippen LogP contribution in [0.3, 0.4) is 0 Å². The maximum Gasteiger partial charge on any atom is 0.274 e.